The van der Waals surface area contributed by atoms with Crippen LogP contribution in [0.3, 0.4) is 0 Å². The number of nitrogens with one attached hydrogen (secondary N) is 3. The van der Waals surface area contributed by atoms with E-state index in [1.165, 1.54) is 12.1 Å². The quantitative estimate of drug-likeness (QED) is 0.389. The first-order valence-corrected chi connectivity index (χ1v) is 12.1. The Bertz CT molecular complexity index is 1270. The number of benzene rings is 2. The number of carbonyl (C=O) groups is 2. The molecule has 2 aromatic carbocycles. The highest BCUT2D eigenvalue weighted by atomic mass is 19.1. The molecule has 37 heavy (non-hydrogen) atoms. The molecule has 5 rings (SSSR count). The fourth-order valence-corrected chi connectivity index (χ4v) is 4.78. The summed E-state index contributed by atoms with van der Waals surface area (Å²) in [5.74, 6) is -0.205. The van der Waals surface area contributed by atoms with E-state index in [1.54, 1.807) is 36.5 Å². The molecule has 0 radical (unpaired) electrons. The molecule has 0 aliphatic carbocycles. The van der Waals surface area contributed by atoms with Crippen LogP contribution in [0.5, 0.6) is 5.75 Å². The number of anilines is 2. The first-order valence-electron chi connectivity index (χ1n) is 12.1. The zero-order valence-electron chi connectivity index (χ0n) is 19.9. The molecule has 0 bridgehead atoms. The molecule has 4 atom stereocenters. The van der Waals surface area contributed by atoms with Crippen molar-refractivity contribution in [3.8, 4) is 5.75 Å². The maximum absolute atomic E-state index is 13.9. The van der Waals surface area contributed by atoms with Crippen LogP contribution in [0.15, 0.2) is 66.9 Å². The molecule has 3 aromatic rings. The van der Waals surface area contributed by atoms with Gasteiger partial charge in [-0.15, -0.1) is 0 Å². The van der Waals surface area contributed by atoms with Gasteiger partial charge < -0.3 is 30.5 Å². The van der Waals surface area contributed by atoms with E-state index in [-0.39, 0.29) is 30.5 Å². The summed E-state index contributed by atoms with van der Waals surface area (Å²) in [6.07, 6.45) is 0.886. The van der Waals surface area contributed by atoms with Crippen LogP contribution >= 0.6 is 0 Å². The molecule has 1 saturated heterocycles. The third-order valence-electron chi connectivity index (χ3n) is 6.49. The van der Waals surface area contributed by atoms with Crippen LogP contribution in [-0.4, -0.2) is 46.9 Å². The molecule has 0 unspecified atom stereocenters. The second-order valence-corrected chi connectivity index (χ2v) is 9.02. The molecular weight excluding hydrogens is 479 g/mol. The van der Waals surface area contributed by atoms with Gasteiger partial charge in [0.1, 0.15) is 23.8 Å². The Morgan fingerprint density at radius 2 is 1.92 bits per heavy atom. The van der Waals surface area contributed by atoms with Gasteiger partial charge in [-0.25, -0.2) is 9.18 Å². The summed E-state index contributed by atoms with van der Waals surface area (Å²) in [6, 6.07) is 16.1. The van der Waals surface area contributed by atoms with Gasteiger partial charge in [-0.2, -0.15) is 0 Å². The molecule has 10 heteroatoms. The summed E-state index contributed by atoms with van der Waals surface area (Å²) in [7, 11) is 0. The number of aliphatic hydroxyl groups is 1. The Morgan fingerprint density at radius 1 is 1.08 bits per heavy atom. The third-order valence-corrected chi connectivity index (χ3v) is 6.49. The number of carbonyl (C=O) groups excluding carboxylic acids is 2. The Kier molecular flexibility index (Phi) is 7.29. The number of rotatable bonds is 7. The van der Waals surface area contributed by atoms with Gasteiger partial charge >= 0.3 is 6.03 Å². The van der Waals surface area contributed by atoms with E-state index in [0.717, 1.165) is 11.3 Å². The molecule has 3 heterocycles. The molecule has 3 amide bonds. The SMILES string of the molecule is O=C(C[C@H]1C[C@@H]2c3cc(NC(=O)Nc4ccccc4F)ccc3O[C@@H]2[C@@H](CO)O1)NCc1ccccn1. The number of aliphatic hydroxyl groups excluding tert-OH is 1. The van der Waals surface area contributed by atoms with Crippen molar-refractivity contribution >= 4 is 23.3 Å². The van der Waals surface area contributed by atoms with Crippen molar-refractivity contribution in [1.29, 1.82) is 0 Å². The fourth-order valence-electron chi connectivity index (χ4n) is 4.78. The first-order chi connectivity index (χ1) is 18.0. The molecule has 1 aromatic heterocycles. The molecule has 1 fully saturated rings. The monoisotopic (exact) mass is 506 g/mol. The average molecular weight is 507 g/mol. The number of nitrogens with zero attached hydrogens (tertiary/aromatic N) is 1. The lowest BCUT2D eigenvalue weighted by Crippen LogP contribution is -2.47. The normalized spacial score (nSPS) is 21.8. The Hall–Kier alpha value is -4.02. The molecular formula is C27H27FN4O5. The van der Waals surface area contributed by atoms with Gasteiger partial charge in [0.2, 0.25) is 5.91 Å². The van der Waals surface area contributed by atoms with Gasteiger partial charge in [0.05, 0.1) is 37.1 Å². The fraction of sp³-hybridized carbons (Fsp3) is 0.296. The number of para-hydroxylation sites is 1. The van der Waals surface area contributed by atoms with E-state index >= 15 is 0 Å². The average Bonchev–Trinajstić information content (AvgIpc) is 3.27. The van der Waals surface area contributed by atoms with Gasteiger partial charge in [-0.1, -0.05) is 18.2 Å². The van der Waals surface area contributed by atoms with E-state index in [0.29, 0.717) is 24.4 Å². The number of urea groups is 1. The van der Waals surface area contributed by atoms with Crippen molar-refractivity contribution in [2.24, 2.45) is 0 Å². The maximum atomic E-state index is 13.9. The third kappa shape index (κ3) is 5.71. The number of hydrogen-bond acceptors (Lipinski definition) is 6. The number of aromatic nitrogens is 1. The maximum Gasteiger partial charge on any atom is 0.323 e. The number of fused-ring (bicyclic) bond motifs is 3. The molecule has 2 aliphatic rings. The Morgan fingerprint density at radius 3 is 2.70 bits per heavy atom. The zero-order chi connectivity index (χ0) is 25.8. The Balaban J connectivity index is 1.24. The summed E-state index contributed by atoms with van der Waals surface area (Å²) in [6.45, 7) is 0.0646. The van der Waals surface area contributed by atoms with Crippen molar-refractivity contribution in [3.05, 3.63) is 83.9 Å². The van der Waals surface area contributed by atoms with Crippen molar-refractivity contribution < 1.29 is 28.6 Å². The lowest BCUT2D eigenvalue weighted by molar-refractivity contribution is -0.142. The highest BCUT2D eigenvalue weighted by molar-refractivity contribution is 5.99. The van der Waals surface area contributed by atoms with Crippen LogP contribution in [-0.2, 0) is 16.1 Å². The lowest BCUT2D eigenvalue weighted by atomic mass is 9.84. The Labute approximate surface area is 213 Å². The predicted octanol–water partition coefficient (Wildman–Crippen LogP) is 3.57. The van der Waals surface area contributed by atoms with E-state index in [9.17, 15) is 19.1 Å². The van der Waals surface area contributed by atoms with Crippen molar-refractivity contribution in [3.63, 3.8) is 0 Å². The van der Waals surface area contributed by atoms with Gasteiger partial charge in [0, 0.05) is 23.4 Å². The largest absolute Gasteiger partial charge is 0.487 e. The topological polar surface area (TPSA) is 122 Å². The summed E-state index contributed by atoms with van der Waals surface area (Å²) in [5.41, 5.74) is 2.19. The van der Waals surface area contributed by atoms with Crippen LogP contribution in [0.25, 0.3) is 0 Å². The molecule has 0 spiro atoms. The minimum atomic E-state index is -0.597. The molecule has 0 saturated carbocycles. The van der Waals surface area contributed by atoms with Crippen molar-refractivity contribution in [1.82, 2.24) is 10.3 Å². The zero-order valence-corrected chi connectivity index (χ0v) is 19.9. The van der Waals surface area contributed by atoms with Crippen LogP contribution in [0.1, 0.15) is 30.0 Å². The number of ether oxygens (including phenoxy) is 2. The highest BCUT2D eigenvalue weighted by Crippen LogP contribution is 2.47. The van der Waals surface area contributed by atoms with Crippen LogP contribution in [0, 0.1) is 5.82 Å². The summed E-state index contributed by atoms with van der Waals surface area (Å²) in [5, 5.41) is 18.0. The molecule has 9 nitrogen and oxygen atoms in total. The van der Waals surface area contributed by atoms with Crippen LogP contribution in [0.2, 0.25) is 0 Å². The second-order valence-electron chi connectivity index (χ2n) is 9.02. The smallest absolute Gasteiger partial charge is 0.323 e. The van der Waals surface area contributed by atoms with E-state index in [1.807, 2.05) is 18.2 Å². The standard InChI is InChI=1S/C27H27FN4O5/c28-21-6-1-2-7-22(21)32-27(35)31-16-8-9-23-19(11-16)20-12-18(36-24(15-33)26(20)37-23)13-25(34)30-14-17-5-3-4-10-29-17/h1-11,18,20,24,26,33H,12-15H2,(H,30,34)(H2,31,32,35)/t18-,20-,24-,26+/m1/s1. The number of halogens is 1. The van der Waals surface area contributed by atoms with E-state index < -0.39 is 30.2 Å². The molecule has 2 aliphatic heterocycles. The summed E-state index contributed by atoms with van der Waals surface area (Å²) >= 11 is 0. The minimum absolute atomic E-state index is 0.0731. The van der Waals surface area contributed by atoms with Crippen LogP contribution < -0.4 is 20.7 Å². The number of amides is 3. The molecule has 192 valence electrons. The van der Waals surface area contributed by atoms with E-state index in [4.69, 9.17) is 9.47 Å². The second kappa shape index (κ2) is 10.9. The van der Waals surface area contributed by atoms with Gasteiger partial charge in [-0.05, 0) is 48.9 Å². The van der Waals surface area contributed by atoms with Crippen LogP contribution in [0.4, 0.5) is 20.6 Å². The van der Waals surface area contributed by atoms with Gasteiger partial charge in [0.15, 0.2) is 0 Å². The number of pyridine rings is 1. The van der Waals surface area contributed by atoms with Gasteiger partial charge in [-0.3, -0.25) is 9.78 Å². The summed E-state index contributed by atoms with van der Waals surface area (Å²) in [4.78, 5) is 29.2. The van der Waals surface area contributed by atoms with Crippen molar-refractivity contribution in [2.45, 2.75) is 43.6 Å². The number of hydrogen-bond donors (Lipinski definition) is 4. The van der Waals surface area contributed by atoms with Gasteiger partial charge in [0.25, 0.3) is 0 Å². The van der Waals surface area contributed by atoms with Crippen molar-refractivity contribution in [2.75, 3.05) is 17.2 Å². The molecule has 4 N–H and O–H groups in total. The highest BCUT2D eigenvalue weighted by Gasteiger charge is 2.46. The summed E-state index contributed by atoms with van der Waals surface area (Å²) < 4.78 is 25.9. The lowest BCUT2D eigenvalue weighted by Gasteiger charge is -2.37. The van der Waals surface area contributed by atoms with E-state index in [2.05, 4.69) is 20.9 Å². The minimum Gasteiger partial charge on any atom is -0.487 e. The first kappa shape index (κ1) is 24.7. The predicted molar refractivity (Wildman–Crippen MR) is 134 cm³/mol.